The van der Waals surface area contributed by atoms with Gasteiger partial charge >= 0.3 is 0 Å². The number of nitrogens with one attached hydrogen (secondary N) is 1. The second-order valence-corrected chi connectivity index (χ2v) is 6.29. The van der Waals surface area contributed by atoms with E-state index in [0.717, 1.165) is 5.69 Å². The normalized spacial score (nSPS) is 13.5. The second kappa shape index (κ2) is 6.91. The molecule has 0 aliphatic heterocycles. The highest BCUT2D eigenvalue weighted by Crippen LogP contribution is 2.32. The number of nitrogens with zero attached hydrogens (tertiary/aromatic N) is 1. The highest BCUT2D eigenvalue weighted by molar-refractivity contribution is 6.05. The molecule has 0 radical (unpaired) electrons. The zero-order valence-corrected chi connectivity index (χ0v) is 13.9. The van der Waals surface area contributed by atoms with Crippen molar-refractivity contribution in [2.24, 2.45) is 5.92 Å². The maximum atomic E-state index is 13.6. The molecule has 0 unspecified atom stereocenters. The third-order valence-corrected chi connectivity index (χ3v) is 3.99. The van der Waals surface area contributed by atoms with Crippen molar-refractivity contribution in [2.45, 2.75) is 12.8 Å². The number of ether oxygens (including phenoxy) is 1. The van der Waals surface area contributed by atoms with Crippen LogP contribution in [0.4, 0.5) is 15.8 Å². The molecular formula is C19H21FN2O2. The molecule has 0 saturated heterocycles. The van der Waals surface area contributed by atoms with Crippen LogP contribution in [0.25, 0.3) is 0 Å². The van der Waals surface area contributed by atoms with Crippen molar-refractivity contribution < 1.29 is 13.9 Å². The number of rotatable bonds is 6. The largest absolute Gasteiger partial charge is 0.491 e. The monoisotopic (exact) mass is 328 g/mol. The van der Waals surface area contributed by atoms with Crippen molar-refractivity contribution in [3.63, 3.8) is 0 Å². The number of carbonyl (C=O) groups is 1. The molecule has 1 fully saturated rings. The first-order valence-electron chi connectivity index (χ1n) is 8.04. The van der Waals surface area contributed by atoms with E-state index in [2.05, 4.69) is 5.32 Å². The first-order valence-corrected chi connectivity index (χ1v) is 8.04. The van der Waals surface area contributed by atoms with E-state index in [1.165, 1.54) is 25.0 Å². The second-order valence-electron chi connectivity index (χ2n) is 6.29. The summed E-state index contributed by atoms with van der Waals surface area (Å²) >= 11 is 0. The summed E-state index contributed by atoms with van der Waals surface area (Å²) < 4.78 is 19.3. The predicted molar refractivity (Wildman–Crippen MR) is 93.3 cm³/mol. The van der Waals surface area contributed by atoms with Gasteiger partial charge in [0.25, 0.3) is 5.91 Å². The van der Waals surface area contributed by atoms with Crippen LogP contribution in [-0.2, 0) is 0 Å². The molecule has 0 atom stereocenters. The van der Waals surface area contributed by atoms with Crippen molar-refractivity contribution in [2.75, 3.05) is 30.9 Å². The van der Waals surface area contributed by atoms with Gasteiger partial charge in [0.15, 0.2) is 0 Å². The van der Waals surface area contributed by atoms with Gasteiger partial charge < -0.3 is 15.0 Å². The van der Waals surface area contributed by atoms with E-state index in [1.54, 1.807) is 18.2 Å². The Morgan fingerprint density at radius 1 is 1.25 bits per heavy atom. The first-order chi connectivity index (χ1) is 11.5. The summed E-state index contributed by atoms with van der Waals surface area (Å²) in [5.41, 5.74) is 1.79. The van der Waals surface area contributed by atoms with E-state index in [4.69, 9.17) is 4.74 Å². The Morgan fingerprint density at radius 2 is 2.04 bits per heavy atom. The number of anilines is 2. The van der Waals surface area contributed by atoms with Crippen LogP contribution in [0.15, 0.2) is 42.5 Å². The molecule has 1 aliphatic carbocycles. The molecule has 4 nitrogen and oxygen atoms in total. The molecule has 1 N–H and O–H groups in total. The Bertz CT molecular complexity index is 742. The van der Waals surface area contributed by atoms with Crippen LogP contribution in [-0.4, -0.2) is 26.6 Å². The number of amides is 1. The zero-order valence-electron chi connectivity index (χ0n) is 13.9. The molecular weight excluding hydrogens is 307 g/mol. The number of carbonyl (C=O) groups excluding carboxylic acids is 1. The highest BCUT2D eigenvalue weighted by atomic mass is 19.1. The standard InChI is InChI=1S/C19H21FN2O2/c1-22(2)16-5-3-4-14(10-16)19(23)21-17-11-15(20)8-9-18(17)24-12-13-6-7-13/h3-5,8-11,13H,6-7,12H2,1-2H3,(H,21,23). The molecule has 1 amide bonds. The number of hydrogen-bond acceptors (Lipinski definition) is 3. The van der Waals surface area contributed by atoms with Gasteiger partial charge in [0.2, 0.25) is 0 Å². The Balaban J connectivity index is 1.77. The van der Waals surface area contributed by atoms with Crippen molar-refractivity contribution in [1.29, 1.82) is 0 Å². The first kappa shape index (κ1) is 16.3. The molecule has 2 aromatic carbocycles. The average molecular weight is 328 g/mol. The number of halogens is 1. The smallest absolute Gasteiger partial charge is 0.255 e. The molecule has 2 aromatic rings. The summed E-state index contributed by atoms with van der Waals surface area (Å²) in [4.78, 5) is 14.4. The lowest BCUT2D eigenvalue weighted by Gasteiger charge is -2.15. The minimum Gasteiger partial charge on any atom is -0.491 e. The van der Waals surface area contributed by atoms with E-state index in [9.17, 15) is 9.18 Å². The predicted octanol–water partition coefficient (Wildman–Crippen LogP) is 3.93. The fourth-order valence-corrected chi connectivity index (χ4v) is 2.34. The Labute approximate surface area is 141 Å². The van der Waals surface area contributed by atoms with Crippen molar-refractivity contribution in [1.82, 2.24) is 0 Å². The number of hydrogen-bond donors (Lipinski definition) is 1. The lowest BCUT2D eigenvalue weighted by Crippen LogP contribution is -2.15. The van der Waals surface area contributed by atoms with Gasteiger partial charge in [-0.3, -0.25) is 4.79 Å². The minimum absolute atomic E-state index is 0.291. The Morgan fingerprint density at radius 3 is 2.75 bits per heavy atom. The summed E-state index contributed by atoms with van der Waals surface area (Å²) in [6.07, 6.45) is 2.33. The van der Waals surface area contributed by atoms with Gasteiger partial charge in [-0.2, -0.15) is 0 Å². The topological polar surface area (TPSA) is 41.6 Å². The van der Waals surface area contributed by atoms with E-state index in [0.29, 0.717) is 29.5 Å². The molecule has 0 spiro atoms. The van der Waals surface area contributed by atoms with Crippen molar-refractivity contribution in [3.05, 3.63) is 53.8 Å². The lowest BCUT2D eigenvalue weighted by molar-refractivity contribution is 0.102. The zero-order chi connectivity index (χ0) is 17.1. The molecule has 126 valence electrons. The van der Waals surface area contributed by atoms with Crippen LogP contribution in [0, 0.1) is 11.7 Å². The SMILES string of the molecule is CN(C)c1cccc(C(=O)Nc2cc(F)ccc2OCC2CC2)c1. The van der Waals surface area contributed by atoms with Gasteiger partial charge in [-0.25, -0.2) is 4.39 Å². The van der Waals surface area contributed by atoms with E-state index >= 15 is 0 Å². The van der Waals surface area contributed by atoms with Gasteiger partial charge in [0.1, 0.15) is 11.6 Å². The third-order valence-electron chi connectivity index (χ3n) is 3.99. The molecule has 1 saturated carbocycles. The summed E-state index contributed by atoms with van der Waals surface area (Å²) in [6, 6.07) is 11.4. The average Bonchev–Trinajstić information content (AvgIpc) is 3.38. The molecule has 0 bridgehead atoms. The van der Waals surface area contributed by atoms with Crippen LogP contribution >= 0.6 is 0 Å². The molecule has 1 aliphatic rings. The van der Waals surface area contributed by atoms with E-state index in [-0.39, 0.29) is 5.91 Å². The third kappa shape index (κ3) is 4.04. The van der Waals surface area contributed by atoms with E-state index < -0.39 is 5.82 Å². The molecule has 24 heavy (non-hydrogen) atoms. The molecule has 0 heterocycles. The Hall–Kier alpha value is -2.56. The van der Waals surface area contributed by atoms with Crippen molar-refractivity contribution >= 4 is 17.3 Å². The van der Waals surface area contributed by atoms with Crippen LogP contribution in [0.5, 0.6) is 5.75 Å². The summed E-state index contributed by atoms with van der Waals surface area (Å²) in [7, 11) is 3.82. The van der Waals surface area contributed by atoms with Gasteiger partial charge in [0, 0.05) is 31.4 Å². The van der Waals surface area contributed by atoms with Gasteiger partial charge in [-0.05, 0) is 49.1 Å². The number of benzene rings is 2. The summed E-state index contributed by atoms with van der Waals surface area (Å²) in [5, 5.41) is 2.76. The van der Waals surface area contributed by atoms with Crippen molar-refractivity contribution in [3.8, 4) is 5.75 Å². The minimum atomic E-state index is -0.411. The fraction of sp³-hybridized carbons (Fsp3) is 0.316. The van der Waals surface area contributed by atoms with Crippen LogP contribution < -0.4 is 15.0 Å². The fourth-order valence-electron chi connectivity index (χ4n) is 2.34. The Kier molecular flexibility index (Phi) is 4.69. The van der Waals surface area contributed by atoms with Crippen LogP contribution in [0.1, 0.15) is 23.2 Å². The highest BCUT2D eigenvalue weighted by Gasteiger charge is 2.22. The van der Waals surface area contributed by atoms with E-state index in [1.807, 2.05) is 31.1 Å². The molecule has 3 rings (SSSR count). The van der Waals surface area contributed by atoms with Gasteiger partial charge in [0.05, 0.1) is 12.3 Å². The maximum Gasteiger partial charge on any atom is 0.255 e. The molecule has 5 heteroatoms. The summed E-state index contributed by atoms with van der Waals surface area (Å²) in [6.45, 7) is 0.602. The van der Waals surface area contributed by atoms with Gasteiger partial charge in [-0.15, -0.1) is 0 Å². The molecule has 0 aromatic heterocycles. The maximum absolute atomic E-state index is 13.6. The summed E-state index contributed by atoms with van der Waals surface area (Å²) in [5.74, 6) is 0.377. The van der Waals surface area contributed by atoms with Gasteiger partial charge in [-0.1, -0.05) is 6.07 Å². The van der Waals surface area contributed by atoms with Crippen LogP contribution in [0.2, 0.25) is 0 Å². The quantitative estimate of drug-likeness (QED) is 0.873. The lowest BCUT2D eigenvalue weighted by atomic mass is 10.1. The van der Waals surface area contributed by atoms with Crippen LogP contribution in [0.3, 0.4) is 0 Å².